The molecule has 0 aliphatic rings. The van der Waals surface area contributed by atoms with E-state index in [4.69, 9.17) is 8.60 Å². The van der Waals surface area contributed by atoms with Crippen molar-refractivity contribution in [3.63, 3.8) is 0 Å². The zero-order valence-electron chi connectivity index (χ0n) is 28.6. The summed E-state index contributed by atoms with van der Waals surface area (Å²) in [6.45, 7) is 26.0. The first-order chi connectivity index (χ1) is 19.4. The standard InChI is InChI=1S/C13H24O2S2.C7H8O2.C4H11N.2C3H8S.CH4.H2O/c1-10(2)16-7-5-12(14)9-13(15)6-8-17-11(3)4;1-3-6(8)5-7(9)4-2;1-2-3-4-5;2*1-3(2)4;;/h10-11H,5-9H2,1-4H3;3-4H,1-2,5H2;2-5H2,1H3;2*3-4H,1-2H3;1H4;1H2/i/hD2. The van der Waals surface area contributed by atoms with E-state index in [-0.39, 0.29) is 43.4 Å². The van der Waals surface area contributed by atoms with Crippen LogP contribution in [-0.2, 0) is 19.2 Å². The molecule has 0 aliphatic heterocycles. The molecule has 6 nitrogen and oxygen atoms in total. The summed E-state index contributed by atoms with van der Waals surface area (Å²) in [5, 5.41) is 2.17. The number of unbranched alkanes of at least 4 members (excludes halogenated alkanes) is 1. The fraction of sp³-hybridized carbons (Fsp3) is 0.742. The van der Waals surface area contributed by atoms with Crippen LogP contribution in [0.15, 0.2) is 25.3 Å². The molecule has 41 heavy (non-hydrogen) atoms. The van der Waals surface area contributed by atoms with Crippen molar-refractivity contribution in [2.24, 2.45) is 5.73 Å². The molecule has 0 heterocycles. The highest BCUT2D eigenvalue weighted by molar-refractivity contribution is 8.00. The number of hydrogen-bond donors (Lipinski definition) is 3. The summed E-state index contributed by atoms with van der Waals surface area (Å²) in [6, 6.07) is 0. The summed E-state index contributed by atoms with van der Waals surface area (Å²) >= 11 is 11.5. The van der Waals surface area contributed by atoms with Crippen LogP contribution in [0.5, 0.6) is 0 Å². The van der Waals surface area contributed by atoms with Crippen LogP contribution in [0.1, 0.15) is 108 Å². The Kier molecular flexibility index (Phi) is 53.7. The molecule has 0 saturated heterocycles. The second-order valence-electron chi connectivity index (χ2n) is 9.44. The zero-order valence-corrected chi connectivity index (χ0v) is 30.0. The molecule has 10 heteroatoms. The van der Waals surface area contributed by atoms with Crippen molar-refractivity contribution in [3.8, 4) is 0 Å². The van der Waals surface area contributed by atoms with Crippen molar-refractivity contribution in [2.45, 2.75) is 129 Å². The van der Waals surface area contributed by atoms with Gasteiger partial charge in [0.25, 0.3) is 0 Å². The van der Waals surface area contributed by atoms with Crippen LogP contribution < -0.4 is 5.73 Å². The molecule has 0 bridgehead atoms. The van der Waals surface area contributed by atoms with Crippen LogP contribution in [0.4, 0.5) is 0 Å². The van der Waals surface area contributed by atoms with Crippen LogP contribution >= 0.6 is 48.8 Å². The summed E-state index contributed by atoms with van der Waals surface area (Å²) in [5.41, 5.74) is 7.89. The van der Waals surface area contributed by atoms with E-state index in [1.165, 1.54) is 12.8 Å². The Morgan fingerprint density at radius 1 is 0.805 bits per heavy atom. The molecule has 0 radical (unpaired) electrons. The number of thiol groups is 2. The van der Waals surface area contributed by atoms with Crippen LogP contribution in [0.2, 0.25) is 0 Å². The van der Waals surface area contributed by atoms with Gasteiger partial charge < -0.3 is 11.2 Å². The summed E-state index contributed by atoms with van der Waals surface area (Å²) in [5.74, 6) is 1.34. The third-order valence-corrected chi connectivity index (χ3v) is 5.63. The normalized spacial score (nSPS) is 9.66. The molecular formula is C31H65NO5S4. The van der Waals surface area contributed by atoms with E-state index in [0.717, 1.165) is 30.2 Å². The summed E-state index contributed by atoms with van der Waals surface area (Å²) in [4.78, 5) is 43.8. The van der Waals surface area contributed by atoms with Crippen LogP contribution in [0.3, 0.4) is 0 Å². The molecule has 248 valence electrons. The second kappa shape index (κ2) is 43.9. The molecule has 0 aromatic carbocycles. The van der Waals surface area contributed by atoms with Crippen molar-refractivity contribution in [2.75, 3.05) is 18.1 Å². The molecule has 0 spiro atoms. The van der Waals surface area contributed by atoms with E-state index in [1.54, 1.807) is 23.5 Å². The molecule has 0 unspecified atom stereocenters. The molecule has 0 aliphatic carbocycles. The monoisotopic (exact) mass is 661 g/mol. The van der Waals surface area contributed by atoms with Gasteiger partial charge >= 0.3 is 0 Å². The number of hydrogen-bond acceptors (Lipinski definition) is 9. The van der Waals surface area contributed by atoms with Gasteiger partial charge in [0.15, 0.2) is 11.6 Å². The summed E-state index contributed by atoms with van der Waals surface area (Å²) < 4.78 is 10.8. The van der Waals surface area contributed by atoms with Gasteiger partial charge in [0, 0.05) is 24.3 Å². The lowest BCUT2D eigenvalue weighted by atomic mass is 10.1. The predicted octanol–water partition coefficient (Wildman–Crippen LogP) is 7.67. The average Bonchev–Trinajstić information content (AvgIpc) is 2.84. The summed E-state index contributed by atoms with van der Waals surface area (Å²) in [7, 11) is 0. The predicted molar refractivity (Wildman–Crippen MR) is 197 cm³/mol. The fourth-order valence-corrected chi connectivity index (χ4v) is 3.37. The number of ketones is 4. The van der Waals surface area contributed by atoms with E-state index in [9.17, 15) is 19.2 Å². The lowest BCUT2D eigenvalue weighted by molar-refractivity contribution is -0.127. The lowest BCUT2D eigenvalue weighted by Gasteiger charge is -2.05. The molecule has 0 aromatic heterocycles. The Hall–Kier alpha value is -0.520. The highest BCUT2D eigenvalue weighted by atomic mass is 32.2. The van der Waals surface area contributed by atoms with E-state index < -0.39 is 0 Å². The number of thioether (sulfide) groups is 2. The highest BCUT2D eigenvalue weighted by Gasteiger charge is 2.10. The highest BCUT2D eigenvalue weighted by Crippen LogP contribution is 2.13. The van der Waals surface area contributed by atoms with Crippen LogP contribution in [0, 0.1) is 0 Å². The maximum absolute atomic E-state index is 11.5. The van der Waals surface area contributed by atoms with Gasteiger partial charge in [-0.3, -0.25) is 19.2 Å². The maximum atomic E-state index is 11.5. The van der Waals surface area contributed by atoms with Gasteiger partial charge in [0.2, 0.25) is 2.86 Å². The Morgan fingerprint density at radius 2 is 1.10 bits per heavy atom. The minimum absolute atomic E-state index is 0. The van der Waals surface area contributed by atoms with Gasteiger partial charge in [0.1, 0.15) is 11.6 Å². The van der Waals surface area contributed by atoms with Crippen molar-refractivity contribution < 1.29 is 24.7 Å². The number of rotatable bonds is 16. The smallest absolute Gasteiger partial charge is 0.206 e. The van der Waals surface area contributed by atoms with Crippen molar-refractivity contribution >= 4 is 71.9 Å². The molecule has 0 atom stereocenters. The van der Waals surface area contributed by atoms with E-state index in [1.807, 2.05) is 27.7 Å². The molecular weight excluding hydrogens is 595 g/mol. The number of carbonyl (C=O) groups is 4. The van der Waals surface area contributed by atoms with Gasteiger partial charge in [0.05, 0.1) is 12.8 Å². The Bertz CT molecular complexity index is 596. The number of allylic oxidation sites excluding steroid dienone is 2. The first-order valence-corrected chi connectivity index (χ1v) is 16.8. The Labute approximate surface area is 276 Å². The third kappa shape index (κ3) is 85.4. The SMILES string of the molecule is C.C=CC(=O)CC(=O)C=C.CC(C)S.CC(C)S.CC(C)SCCC(=O)CC(=O)CCSC(C)C.CCCCN.[2H]O[2H]. The molecule has 0 amide bonds. The van der Waals surface area contributed by atoms with Crippen LogP contribution in [-0.4, -0.2) is 70.5 Å². The van der Waals surface area contributed by atoms with Crippen molar-refractivity contribution in [3.05, 3.63) is 25.3 Å². The maximum Gasteiger partial charge on any atom is 0.206 e. The topological polar surface area (TPSA) is 126 Å². The van der Waals surface area contributed by atoms with Crippen LogP contribution in [0.25, 0.3) is 0 Å². The number of carbonyl (C=O) groups excluding carboxylic acids is 4. The molecule has 4 N–H and O–H groups in total. The van der Waals surface area contributed by atoms with Crippen molar-refractivity contribution in [1.82, 2.24) is 0 Å². The average molecular weight is 662 g/mol. The summed E-state index contributed by atoms with van der Waals surface area (Å²) in [6.07, 6.45) is 5.74. The van der Waals surface area contributed by atoms with Gasteiger partial charge in [-0.25, -0.2) is 0 Å². The third-order valence-electron chi connectivity index (χ3n) is 3.42. The zero-order chi connectivity index (χ0) is 34.5. The lowest BCUT2D eigenvalue weighted by Crippen LogP contribution is -2.10. The first-order valence-electron chi connectivity index (χ1n) is 14.4. The number of nitrogens with two attached hydrogens (primary N) is 1. The fourth-order valence-electron chi connectivity index (χ4n) is 1.73. The van der Waals surface area contributed by atoms with E-state index in [0.29, 0.717) is 33.8 Å². The second-order valence-corrected chi connectivity index (χ2v) is 14.9. The van der Waals surface area contributed by atoms with Gasteiger partial charge in [-0.2, -0.15) is 48.8 Å². The Balaban J connectivity index is -0.0000000835. The first kappa shape index (κ1) is 50.1. The van der Waals surface area contributed by atoms with E-state index in [2.05, 4.69) is 78.5 Å². The van der Waals surface area contributed by atoms with E-state index >= 15 is 0 Å². The molecule has 0 aromatic rings. The van der Waals surface area contributed by atoms with Gasteiger partial charge in [-0.15, -0.1) is 0 Å². The molecule has 0 saturated carbocycles. The van der Waals surface area contributed by atoms with Gasteiger partial charge in [-0.1, -0.05) is 89.3 Å². The van der Waals surface area contributed by atoms with Gasteiger partial charge in [-0.05, 0) is 46.1 Å². The minimum Gasteiger partial charge on any atom is -0.412 e. The quantitative estimate of drug-likeness (QED) is 0.0880. The minimum atomic E-state index is -0.264. The molecule has 0 fully saturated rings. The number of Topliss-reactive ketones (excluding diaryl/α,β-unsaturated/α-hetero) is 2. The van der Waals surface area contributed by atoms with Crippen molar-refractivity contribution in [1.29, 1.82) is 2.86 Å². The Morgan fingerprint density at radius 3 is 1.27 bits per heavy atom. The largest absolute Gasteiger partial charge is 0.412 e. The molecule has 0 rings (SSSR count).